The van der Waals surface area contributed by atoms with E-state index in [-0.39, 0.29) is 24.0 Å². The van der Waals surface area contributed by atoms with Crippen LogP contribution in [-0.4, -0.2) is 34.3 Å². The number of benzene rings is 1. The van der Waals surface area contributed by atoms with E-state index in [1.165, 1.54) is 5.52 Å². The average Bonchev–Trinajstić information content (AvgIpc) is 3.27. The van der Waals surface area contributed by atoms with Crippen LogP contribution in [0.3, 0.4) is 0 Å². The third kappa shape index (κ3) is 5.49. The van der Waals surface area contributed by atoms with Crippen molar-refractivity contribution >= 4 is 41.0 Å². The van der Waals surface area contributed by atoms with Gasteiger partial charge in [-0.05, 0) is 31.9 Å². The van der Waals surface area contributed by atoms with Crippen molar-refractivity contribution in [2.75, 3.05) is 13.6 Å². The van der Waals surface area contributed by atoms with E-state index in [1.54, 1.807) is 7.05 Å². The van der Waals surface area contributed by atoms with Crippen molar-refractivity contribution in [3.63, 3.8) is 0 Å². The smallest absolute Gasteiger partial charge is 0.191 e. The van der Waals surface area contributed by atoms with Gasteiger partial charge in [-0.1, -0.05) is 31.1 Å². The topological polar surface area (TPSA) is 80.3 Å². The summed E-state index contributed by atoms with van der Waals surface area (Å²) in [7, 11) is 1.79. The molecule has 0 bridgehead atoms. The van der Waals surface area contributed by atoms with Crippen LogP contribution in [0.15, 0.2) is 33.8 Å². The van der Waals surface area contributed by atoms with Crippen LogP contribution in [0.25, 0.3) is 11.0 Å². The van der Waals surface area contributed by atoms with E-state index in [2.05, 4.69) is 69.3 Å². The lowest BCUT2D eigenvalue weighted by atomic mass is 10.1. The van der Waals surface area contributed by atoms with E-state index in [0.717, 1.165) is 66.7 Å². The number of imidazole rings is 1. The van der Waals surface area contributed by atoms with Crippen molar-refractivity contribution in [2.24, 2.45) is 4.99 Å². The molecule has 0 aliphatic rings. The lowest BCUT2D eigenvalue weighted by molar-refractivity contribution is 0.380. The number of halogens is 1. The highest BCUT2D eigenvalue weighted by atomic mass is 127. The third-order valence-corrected chi connectivity index (χ3v) is 4.96. The molecule has 0 saturated heterocycles. The molecule has 2 N–H and O–H groups in total. The molecule has 3 rings (SSSR count). The lowest BCUT2D eigenvalue weighted by Gasteiger charge is -2.13. The Labute approximate surface area is 189 Å². The van der Waals surface area contributed by atoms with Gasteiger partial charge in [-0.25, -0.2) is 4.98 Å². The van der Waals surface area contributed by atoms with Gasteiger partial charge in [0.05, 0.1) is 16.7 Å². The summed E-state index contributed by atoms with van der Waals surface area (Å²) in [4.78, 5) is 8.95. The van der Waals surface area contributed by atoms with E-state index in [1.807, 2.05) is 6.07 Å². The van der Waals surface area contributed by atoms with E-state index >= 15 is 0 Å². The Hall–Kier alpha value is -2.10. The van der Waals surface area contributed by atoms with Crippen molar-refractivity contribution in [1.29, 1.82) is 0 Å². The highest BCUT2D eigenvalue weighted by Gasteiger charge is 2.13. The minimum Gasteiger partial charge on any atom is -0.361 e. The first-order chi connectivity index (χ1) is 13.7. The molecule has 0 aliphatic carbocycles. The van der Waals surface area contributed by atoms with Gasteiger partial charge < -0.3 is 19.7 Å². The van der Waals surface area contributed by atoms with Crippen molar-refractivity contribution in [3.8, 4) is 0 Å². The largest absolute Gasteiger partial charge is 0.361 e. The summed E-state index contributed by atoms with van der Waals surface area (Å²) in [6, 6.07) is 8.27. The molecule has 1 aromatic carbocycles. The fourth-order valence-corrected chi connectivity index (χ4v) is 3.45. The number of guanidine groups is 1. The summed E-state index contributed by atoms with van der Waals surface area (Å²) < 4.78 is 7.70. The van der Waals surface area contributed by atoms with E-state index in [4.69, 9.17) is 4.52 Å². The number of rotatable bonds is 8. The summed E-state index contributed by atoms with van der Waals surface area (Å²) in [6.45, 7) is 8.65. The van der Waals surface area contributed by atoms with Gasteiger partial charge >= 0.3 is 0 Å². The van der Waals surface area contributed by atoms with Gasteiger partial charge in [-0.2, -0.15) is 0 Å². The summed E-state index contributed by atoms with van der Waals surface area (Å²) >= 11 is 0. The van der Waals surface area contributed by atoms with Gasteiger partial charge in [-0.15, -0.1) is 24.0 Å². The predicted octanol–water partition coefficient (Wildman–Crippen LogP) is 3.83. The normalized spacial score (nSPS) is 11.5. The molecule has 0 spiro atoms. The van der Waals surface area contributed by atoms with Gasteiger partial charge in [0.25, 0.3) is 0 Å². The molecule has 2 heterocycles. The van der Waals surface area contributed by atoms with Gasteiger partial charge in [0.2, 0.25) is 0 Å². The lowest BCUT2D eigenvalue weighted by Crippen LogP contribution is -2.37. The quantitative estimate of drug-likeness (QED) is 0.209. The number of aromatic nitrogens is 3. The molecule has 2 aromatic heterocycles. The molecule has 8 heteroatoms. The summed E-state index contributed by atoms with van der Waals surface area (Å²) in [5.41, 5.74) is 4.41. The number of aryl methyl sites for hydroxylation is 4. The summed E-state index contributed by atoms with van der Waals surface area (Å²) in [5, 5.41) is 10.9. The zero-order valence-electron chi connectivity index (χ0n) is 17.7. The molecule has 0 fully saturated rings. The first kappa shape index (κ1) is 23.2. The summed E-state index contributed by atoms with van der Waals surface area (Å²) in [5.74, 6) is 2.79. The number of hydrogen-bond acceptors (Lipinski definition) is 4. The minimum atomic E-state index is 0. The number of hydrogen-bond donors (Lipinski definition) is 2. The van der Waals surface area contributed by atoms with Crippen molar-refractivity contribution in [2.45, 2.75) is 53.1 Å². The fourth-order valence-electron chi connectivity index (χ4n) is 3.45. The third-order valence-electron chi connectivity index (χ3n) is 4.96. The molecule has 0 unspecified atom stereocenters. The standard InChI is InChI=1S/C21H30N6O.HI/c1-5-17-16(20(6-2)28-26-17)14-24-21(22-4)23-12-9-13-27-15(3)25-18-10-7-8-11-19(18)27;/h7-8,10-11H,5-6,9,12-14H2,1-4H3,(H2,22,23,24);1H. The maximum atomic E-state index is 5.43. The molecular weight excluding hydrogens is 479 g/mol. The Morgan fingerprint density at radius 3 is 2.69 bits per heavy atom. The second-order valence-corrected chi connectivity index (χ2v) is 6.74. The van der Waals surface area contributed by atoms with E-state index in [0.29, 0.717) is 6.54 Å². The second kappa shape index (κ2) is 11.2. The van der Waals surface area contributed by atoms with Crippen LogP contribution in [0.5, 0.6) is 0 Å². The SMILES string of the molecule is CCc1noc(CC)c1CNC(=NC)NCCCn1c(C)nc2ccccc21.I. The molecule has 0 radical (unpaired) electrons. The Morgan fingerprint density at radius 1 is 1.17 bits per heavy atom. The zero-order chi connectivity index (χ0) is 19.9. The van der Waals surface area contributed by atoms with Crippen LogP contribution in [-0.2, 0) is 25.9 Å². The molecule has 29 heavy (non-hydrogen) atoms. The Balaban J connectivity index is 0.00000300. The Morgan fingerprint density at radius 2 is 1.97 bits per heavy atom. The number of aliphatic imine (C=N–C) groups is 1. The van der Waals surface area contributed by atoms with Crippen LogP contribution >= 0.6 is 24.0 Å². The molecule has 0 saturated carbocycles. The maximum absolute atomic E-state index is 5.43. The molecule has 7 nitrogen and oxygen atoms in total. The van der Waals surface area contributed by atoms with Gasteiger partial charge in [0, 0.05) is 38.7 Å². The van der Waals surface area contributed by atoms with Crippen LogP contribution in [0.1, 0.15) is 43.1 Å². The van der Waals surface area contributed by atoms with Crippen LogP contribution in [0, 0.1) is 6.92 Å². The first-order valence-electron chi connectivity index (χ1n) is 10.0. The summed E-state index contributed by atoms with van der Waals surface area (Å²) in [6.07, 6.45) is 2.69. The number of nitrogens with one attached hydrogen (secondary N) is 2. The van der Waals surface area contributed by atoms with Crippen LogP contribution < -0.4 is 10.6 Å². The van der Waals surface area contributed by atoms with E-state index in [9.17, 15) is 0 Å². The maximum Gasteiger partial charge on any atom is 0.191 e. The number of para-hydroxylation sites is 2. The van der Waals surface area contributed by atoms with Gasteiger partial charge in [0.1, 0.15) is 11.6 Å². The molecule has 0 amide bonds. The van der Waals surface area contributed by atoms with Crippen molar-refractivity contribution in [1.82, 2.24) is 25.3 Å². The Bertz CT molecular complexity index is 924. The minimum absolute atomic E-state index is 0. The monoisotopic (exact) mass is 510 g/mol. The zero-order valence-corrected chi connectivity index (χ0v) is 20.0. The molecule has 158 valence electrons. The highest BCUT2D eigenvalue weighted by Crippen LogP contribution is 2.16. The van der Waals surface area contributed by atoms with Crippen molar-refractivity contribution in [3.05, 3.63) is 47.1 Å². The molecule has 3 aromatic rings. The molecular formula is C21H31IN6O. The molecule has 0 atom stereocenters. The molecule has 0 aliphatic heterocycles. The second-order valence-electron chi connectivity index (χ2n) is 6.74. The Kier molecular flexibility index (Phi) is 8.94. The number of fused-ring (bicyclic) bond motifs is 1. The van der Waals surface area contributed by atoms with Crippen molar-refractivity contribution < 1.29 is 4.52 Å². The first-order valence-corrected chi connectivity index (χ1v) is 10.0. The van der Waals surface area contributed by atoms with Crippen LogP contribution in [0.2, 0.25) is 0 Å². The number of nitrogens with zero attached hydrogens (tertiary/aromatic N) is 4. The van der Waals surface area contributed by atoms with E-state index < -0.39 is 0 Å². The highest BCUT2D eigenvalue weighted by molar-refractivity contribution is 14.0. The average molecular weight is 510 g/mol. The van der Waals surface area contributed by atoms with Gasteiger partial charge in [0.15, 0.2) is 5.96 Å². The fraction of sp³-hybridized carbons (Fsp3) is 0.476. The van der Waals surface area contributed by atoms with Crippen LogP contribution in [0.4, 0.5) is 0 Å². The predicted molar refractivity (Wildman–Crippen MR) is 128 cm³/mol. The van der Waals surface area contributed by atoms with Gasteiger partial charge in [-0.3, -0.25) is 4.99 Å².